The van der Waals surface area contributed by atoms with E-state index >= 15 is 0 Å². The standard InChI is InChI=1S/C10H12FNO2/c11-7-3-1-2-6-9(13)8(12)4-5-14-10(6)7/h1-3,8-9,13H,4-5,12H2/t8-,9-/m0/s1. The first kappa shape index (κ1) is 9.43. The molecule has 0 fully saturated rings. The average molecular weight is 197 g/mol. The van der Waals surface area contributed by atoms with Gasteiger partial charge in [0.15, 0.2) is 11.6 Å². The molecule has 14 heavy (non-hydrogen) atoms. The van der Waals surface area contributed by atoms with Crippen LogP contribution in [0.25, 0.3) is 0 Å². The predicted molar refractivity (Wildman–Crippen MR) is 49.4 cm³/mol. The van der Waals surface area contributed by atoms with E-state index in [4.69, 9.17) is 10.5 Å². The summed E-state index contributed by atoms with van der Waals surface area (Å²) in [6, 6.07) is 4.09. The summed E-state index contributed by atoms with van der Waals surface area (Å²) in [5.41, 5.74) is 6.13. The molecule has 0 unspecified atom stereocenters. The van der Waals surface area contributed by atoms with Gasteiger partial charge < -0.3 is 15.6 Å². The van der Waals surface area contributed by atoms with Crippen molar-refractivity contribution in [2.45, 2.75) is 18.6 Å². The molecule has 2 rings (SSSR count). The molecular weight excluding hydrogens is 185 g/mol. The number of fused-ring (bicyclic) bond motifs is 1. The van der Waals surface area contributed by atoms with Crippen LogP contribution in [-0.4, -0.2) is 17.8 Å². The molecule has 3 nitrogen and oxygen atoms in total. The summed E-state index contributed by atoms with van der Waals surface area (Å²) in [5, 5.41) is 9.76. The van der Waals surface area contributed by atoms with Gasteiger partial charge in [0.1, 0.15) is 0 Å². The van der Waals surface area contributed by atoms with Crippen LogP contribution < -0.4 is 10.5 Å². The highest BCUT2D eigenvalue weighted by Crippen LogP contribution is 2.32. The second kappa shape index (κ2) is 3.55. The number of para-hydroxylation sites is 1. The summed E-state index contributed by atoms with van der Waals surface area (Å²) >= 11 is 0. The average Bonchev–Trinajstić information content (AvgIpc) is 2.31. The Morgan fingerprint density at radius 1 is 1.50 bits per heavy atom. The van der Waals surface area contributed by atoms with Crippen LogP contribution in [0.15, 0.2) is 18.2 Å². The van der Waals surface area contributed by atoms with Crippen LogP contribution in [0.1, 0.15) is 18.1 Å². The van der Waals surface area contributed by atoms with E-state index in [1.165, 1.54) is 6.07 Å². The number of nitrogens with two attached hydrogens (primary N) is 1. The molecule has 0 aliphatic carbocycles. The largest absolute Gasteiger partial charge is 0.490 e. The summed E-state index contributed by atoms with van der Waals surface area (Å²) in [6.07, 6.45) is -0.321. The van der Waals surface area contributed by atoms with Crippen LogP contribution >= 0.6 is 0 Å². The Morgan fingerprint density at radius 2 is 2.29 bits per heavy atom. The minimum Gasteiger partial charge on any atom is -0.490 e. The van der Waals surface area contributed by atoms with E-state index in [2.05, 4.69) is 0 Å². The van der Waals surface area contributed by atoms with Crippen molar-refractivity contribution in [3.63, 3.8) is 0 Å². The molecule has 3 N–H and O–H groups in total. The molecule has 4 heteroatoms. The maximum atomic E-state index is 13.3. The summed E-state index contributed by atoms with van der Waals surface area (Å²) < 4.78 is 18.5. The van der Waals surface area contributed by atoms with Gasteiger partial charge in [0.2, 0.25) is 0 Å². The van der Waals surface area contributed by atoms with E-state index in [-0.39, 0.29) is 5.75 Å². The van der Waals surface area contributed by atoms with Gasteiger partial charge in [-0.15, -0.1) is 0 Å². The van der Waals surface area contributed by atoms with E-state index in [0.29, 0.717) is 18.6 Å². The van der Waals surface area contributed by atoms with Gasteiger partial charge in [-0.1, -0.05) is 12.1 Å². The third-order valence-electron chi connectivity index (χ3n) is 2.42. The van der Waals surface area contributed by atoms with Crippen LogP contribution in [0.2, 0.25) is 0 Å². The van der Waals surface area contributed by atoms with Crippen molar-refractivity contribution in [1.29, 1.82) is 0 Å². The lowest BCUT2D eigenvalue weighted by molar-refractivity contribution is 0.144. The molecule has 1 aromatic rings. The van der Waals surface area contributed by atoms with Crippen molar-refractivity contribution < 1.29 is 14.2 Å². The Kier molecular flexibility index (Phi) is 2.39. The number of benzene rings is 1. The smallest absolute Gasteiger partial charge is 0.165 e. The SMILES string of the molecule is N[C@H]1CCOc2c(F)cccc2[C@@H]1O. The second-order valence-electron chi connectivity index (χ2n) is 3.40. The van der Waals surface area contributed by atoms with E-state index in [0.717, 1.165) is 0 Å². The summed E-state index contributed by atoms with van der Waals surface area (Å²) in [4.78, 5) is 0. The minimum absolute atomic E-state index is 0.132. The van der Waals surface area contributed by atoms with Gasteiger partial charge in [0.05, 0.1) is 12.7 Å². The molecule has 0 radical (unpaired) electrons. The number of ether oxygens (including phenoxy) is 1. The van der Waals surface area contributed by atoms with Crippen molar-refractivity contribution in [3.05, 3.63) is 29.6 Å². The van der Waals surface area contributed by atoms with Crippen LogP contribution in [0.3, 0.4) is 0 Å². The number of rotatable bonds is 0. The van der Waals surface area contributed by atoms with Gasteiger partial charge in [-0.05, 0) is 12.5 Å². The fraction of sp³-hybridized carbons (Fsp3) is 0.400. The lowest BCUT2D eigenvalue weighted by atomic mass is 10.0. The normalized spacial score (nSPS) is 26.2. The third kappa shape index (κ3) is 1.47. The molecule has 1 heterocycles. The lowest BCUT2D eigenvalue weighted by Crippen LogP contribution is -2.28. The summed E-state index contributed by atoms with van der Waals surface area (Å²) in [5.74, 6) is -0.316. The molecule has 1 aromatic carbocycles. The van der Waals surface area contributed by atoms with Gasteiger partial charge >= 0.3 is 0 Å². The highest BCUT2D eigenvalue weighted by molar-refractivity contribution is 5.38. The molecule has 0 bridgehead atoms. The van der Waals surface area contributed by atoms with Crippen molar-refractivity contribution in [1.82, 2.24) is 0 Å². The lowest BCUT2D eigenvalue weighted by Gasteiger charge is -2.15. The fourth-order valence-corrected chi connectivity index (χ4v) is 1.60. The highest BCUT2D eigenvalue weighted by Gasteiger charge is 2.25. The molecule has 1 aliphatic rings. The molecule has 0 spiro atoms. The fourth-order valence-electron chi connectivity index (χ4n) is 1.60. The second-order valence-corrected chi connectivity index (χ2v) is 3.40. The Balaban J connectivity index is 2.48. The van der Waals surface area contributed by atoms with E-state index in [1.807, 2.05) is 0 Å². The molecule has 1 aliphatic heterocycles. The van der Waals surface area contributed by atoms with Crippen LogP contribution in [0.4, 0.5) is 4.39 Å². The molecule has 0 saturated carbocycles. The molecule has 0 amide bonds. The van der Waals surface area contributed by atoms with Gasteiger partial charge in [-0.3, -0.25) is 0 Å². The summed E-state index contributed by atoms with van der Waals surface area (Å²) in [6.45, 7) is 0.339. The Bertz CT molecular complexity index is 343. The monoisotopic (exact) mass is 197 g/mol. The third-order valence-corrected chi connectivity index (χ3v) is 2.42. The minimum atomic E-state index is -0.844. The number of halogens is 1. The van der Waals surface area contributed by atoms with Crippen LogP contribution in [0, 0.1) is 5.82 Å². The van der Waals surface area contributed by atoms with E-state index in [1.54, 1.807) is 12.1 Å². The zero-order valence-electron chi connectivity index (χ0n) is 7.61. The number of hydrogen-bond acceptors (Lipinski definition) is 3. The zero-order chi connectivity index (χ0) is 10.1. The topological polar surface area (TPSA) is 55.5 Å². The molecule has 76 valence electrons. The predicted octanol–water partition coefficient (Wildman–Crippen LogP) is 0.969. The molecule has 0 aromatic heterocycles. The van der Waals surface area contributed by atoms with Gasteiger partial charge in [0, 0.05) is 11.6 Å². The van der Waals surface area contributed by atoms with Crippen molar-refractivity contribution in [2.24, 2.45) is 5.73 Å². The van der Waals surface area contributed by atoms with E-state index < -0.39 is 18.0 Å². The van der Waals surface area contributed by atoms with Crippen molar-refractivity contribution in [2.75, 3.05) is 6.61 Å². The van der Waals surface area contributed by atoms with Gasteiger partial charge in [-0.25, -0.2) is 4.39 Å². The van der Waals surface area contributed by atoms with Crippen LogP contribution in [-0.2, 0) is 0 Å². The maximum Gasteiger partial charge on any atom is 0.165 e. The van der Waals surface area contributed by atoms with Crippen molar-refractivity contribution >= 4 is 0 Å². The Morgan fingerprint density at radius 3 is 3.07 bits per heavy atom. The molecule has 0 saturated heterocycles. The quantitative estimate of drug-likeness (QED) is 0.651. The Labute approximate surface area is 81.3 Å². The van der Waals surface area contributed by atoms with Gasteiger partial charge in [0.25, 0.3) is 0 Å². The number of aliphatic hydroxyl groups is 1. The first-order valence-corrected chi connectivity index (χ1v) is 4.55. The first-order chi connectivity index (χ1) is 6.70. The highest BCUT2D eigenvalue weighted by atomic mass is 19.1. The number of aliphatic hydroxyl groups excluding tert-OH is 1. The molecular formula is C10H12FNO2. The maximum absolute atomic E-state index is 13.3. The van der Waals surface area contributed by atoms with Crippen LogP contribution in [0.5, 0.6) is 5.75 Å². The Hall–Kier alpha value is -1.13. The number of hydrogen-bond donors (Lipinski definition) is 2. The van der Waals surface area contributed by atoms with E-state index in [9.17, 15) is 9.50 Å². The first-order valence-electron chi connectivity index (χ1n) is 4.55. The van der Waals surface area contributed by atoms with Gasteiger partial charge in [-0.2, -0.15) is 0 Å². The zero-order valence-corrected chi connectivity index (χ0v) is 7.61. The van der Waals surface area contributed by atoms with Crippen molar-refractivity contribution in [3.8, 4) is 5.75 Å². The summed E-state index contributed by atoms with van der Waals surface area (Å²) in [7, 11) is 0. The molecule has 2 atom stereocenters.